The van der Waals surface area contributed by atoms with E-state index < -0.39 is 5.91 Å². The number of nitrogens with one attached hydrogen (secondary N) is 1. The summed E-state index contributed by atoms with van der Waals surface area (Å²) in [7, 11) is 0. The second-order valence-electron chi connectivity index (χ2n) is 5.55. The third-order valence-corrected chi connectivity index (χ3v) is 4.90. The van der Waals surface area contributed by atoms with Gasteiger partial charge in [0.2, 0.25) is 0 Å². The summed E-state index contributed by atoms with van der Waals surface area (Å²) in [6.45, 7) is 2.17. The van der Waals surface area contributed by atoms with E-state index in [1.807, 2.05) is 6.07 Å². The Morgan fingerprint density at radius 3 is 2.79 bits per heavy atom. The van der Waals surface area contributed by atoms with Crippen molar-refractivity contribution in [1.29, 1.82) is 0 Å². The second-order valence-corrected chi connectivity index (χ2v) is 6.67. The van der Waals surface area contributed by atoms with Crippen LogP contribution in [0.4, 0.5) is 5.69 Å². The van der Waals surface area contributed by atoms with E-state index in [0.717, 1.165) is 12.2 Å². The minimum atomic E-state index is -0.663. The van der Waals surface area contributed by atoms with Gasteiger partial charge in [-0.2, -0.15) is 5.10 Å². The number of hydrazone groups is 1. The summed E-state index contributed by atoms with van der Waals surface area (Å²) in [6, 6.07) is 3.70. The number of carbonyl (C=O) groups excluding carboxylic acids is 1. The smallest absolute Gasteiger partial charge is 0.291 e. The van der Waals surface area contributed by atoms with Gasteiger partial charge in [-0.05, 0) is 24.5 Å². The van der Waals surface area contributed by atoms with Gasteiger partial charge < -0.3 is 10.2 Å². The van der Waals surface area contributed by atoms with Gasteiger partial charge in [0.1, 0.15) is 16.5 Å². The molecule has 0 saturated heterocycles. The maximum absolute atomic E-state index is 12.1. The highest BCUT2D eigenvalue weighted by molar-refractivity contribution is 6.46. The van der Waals surface area contributed by atoms with Crippen molar-refractivity contribution >= 4 is 52.6 Å². The highest BCUT2D eigenvalue weighted by atomic mass is 35.5. The maximum Gasteiger partial charge on any atom is 0.291 e. The number of aromatic nitrogens is 1. The van der Waals surface area contributed by atoms with Gasteiger partial charge in [0.15, 0.2) is 10.8 Å². The quantitative estimate of drug-likeness (QED) is 0.469. The molecule has 3 rings (SSSR count). The summed E-state index contributed by atoms with van der Waals surface area (Å²) >= 11 is 17.6. The molecule has 2 heterocycles. The fourth-order valence-electron chi connectivity index (χ4n) is 2.24. The summed E-state index contributed by atoms with van der Waals surface area (Å²) in [5, 5.41) is 3.63. The van der Waals surface area contributed by atoms with Crippen LogP contribution in [0.5, 0.6) is 0 Å². The standard InChI is InChI=1S/C15H13Cl3N4O2/c1-6-4-8(6)9-3-2-7(24-9)5-20-22-15(23)13-10(16)12(19)11(17)14(18)21-13/h2-3,5-6,8H,4H2,1H3,(H2,19,21)(H,22,23)/b20-5-/t6-,8-/m0/s1. The Morgan fingerprint density at radius 1 is 1.42 bits per heavy atom. The number of hydrogen-bond donors (Lipinski definition) is 2. The number of pyridine rings is 1. The van der Waals surface area contributed by atoms with Crippen molar-refractivity contribution in [2.75, 3.05) is 5.73 Å². The molecule has 6 nitrogen and oxygen atoms in total. The van der Waals surface area contributed by atoms with Gasteiger partial charge >= 0.3 is 0 Å². The van der Waals surface area contributed by atoms with E-state index in [-0.39, 0.29) is 26.6 Å². The van der Waals surface area contributed by atoms with Crippen LogP contribution in [0, 0.1) is 5.92 Å². The number of anilines is 1. The third-order valence-electron chi connectivity index (χ3n) is 3.77. The molecule has 2 atom stereocenters. The van der Waals surface area contributed by atoms with Crippen LogP contribution in [0.25, 0.3) is 0 Å². The topological polar surface area (TPSA) is 93.5 Å². The first-order valence-electron chi connectivity index (χ1n) is 7.11. The number of rotatable bonds is 4. The molecule has 0 bridgehead atoms. The van der Waals surface area contributed by atoms with Crippen LogP contribution in [-0.2, 0) is 0 Å². The van der Waals surface area contributed by atoms with Crippen LogP contribution in [0.15, 0.2) is 21.7 Å². The summed E-state index contributed by atoms with van der Waals surface area (Å²) in [6.07, 6.45) is 2.52. The fourth-order valence-corrected chi connectivity index (χ4v) is 2.84. The largest absolute Gasteiger partial charge is 0.460 e. The molecule has 0 spiro atoms. The number of hydrogen-bond acceptors (Lipinski definition) is 5. The maximum atomic E-state index is 12.1. The van der Waals surface area contributed by atoms with E-state index in [1.54, 1.807) is 6.07 Å². The number of nitrogen functional groups attached to an aromatic ring is 1. The van der Waals surface area contributed by atoms with Crippen LogP contribution in [0.2, 0.25) is 15.2 Å². The van der Waals surface area contributed by atoms with E-state index in [1.165, 1.54) is 6.21 Å². The van der Waals surface area contributed by atoms with Crippen molar-refractivity contribution in [3.05, 3.63) is 44.5 Å². The molecular weight excluding hydrogens is 375 g/mol. The third kappa shape index (κ3) is 3.36. The molecule has 1 aliphatic carbocycles. The lowest BCUT2D eigenvalue weighted by molar-refractivity contribution is 0.0950. The number of carbonyl (C=O) groups is 1. The Kier molecular flexibility index (Phi) is 4.71. The molecule has 0 aromatic carbocycles. The second kappa shape index (κ2) is 6.63. The molecule has 1 saturated carbocycles. The van der Waals surface area contributed by atoms with Crippen molar-refractivity contribution < 1.29 is 9.21 Å². The Hall–Kier alpha value is -1.76. The van der Waals surface area contributed by atoms with Crippen LogP contribution >= 0.6 is 34.8 Å². The molecule has 24 heavy (non-hydrogen) atoms. The van der Waals surface area contributed by atoms with Gasteiger partial charge in [-0.15, -0.1) is 0 Å². The van der Waals surface area contributed by atoms with Crippen molar-refractivity contribution in [2.24, 2.45) is 11.0 Å². The first-order valence-corrected chi connectivity index (χ1v) is 8.25. The average Bonchev–Trinajstić information content (AvgIpc) is 3.09. The van der Waals surface area contributed by atoms with E-state index in [4.69, 9.17) is 45.0 Å². The van der Waals surface area contributed by atoms with Crippen molar-refractivity contribution in [3.8, 4) is 0 Å². The monoisotopic (exact) mass is 386 g/mol. The zero-order valence-corrected chi connectivity index (χ0v) is 14.8. The molecule has 1 fully saturated rings. The fraction of sp³-hybridized carbons (Fsp3) is 0.267. The zero-order chi connectivity index (χ0) is 17.4. The van der Waals surface area contributed by atoms with Gasteiger partial charge in [-0.25, -0.2) is 10.4 Å². The highest BCUT2D eigenvalue weighted by Crippen LogP contribution is 2.47. The Labute approximate surface area is 153 Å². The molecule has 0 radical (unpaired) electrons. The molecule has 1 aliphatic rings. The lowest BCUT2D eigenvalue weighted by atomic mass is 10.3. The average molecular weight is 388 g/mol. The zero-order valence-electron chi connectivity index (χ0n) is 12.5. The molecule has 2 aromatic rings. The summed E-state index contributed by atoms with van der Waals surface area (Å²) < 4.78 is 5.64. The number of halogens is 3. The molecule has 9 heteroatoms. The van der Waals surface area contributed by atoms with Crippen LogP contribution in [0.1, 0.15) is 41.3 Å². The summed E-state index contributed by atoms with van der Waals surface area (Å²) in [5.74, 6) is 1.93. The van der Waals surface area contributed by atoms with Gasteiger partial charge in [0.25, 0.3) is 5.91 Å². The van der Waals surface area contributed by atoms with Gasteiger partial charge in [-0.3, -0.25) is 4.79 Å². The summed E-state index contributed by atoms with van der Waals surface area (Å²) in [4.78, 5) is 15.9. The highest BCUT2D eigenvalue weighted by Gasteiger charge is 2.36. The van der Waals surface area contributed by atoms with Crippen LogP contribution in [0.3, 0.4) is 0 Å². The molecular formula is C15H13Cl3N4O2. The Balaban J connectivity index is 1.68. The predicted octanol–water partition coefficient (Wildman–Crippen LogP) is 4.10. The first-order chi connectivity index (χ1) is 11.4. The Bertz CT molecular complexity index is 834. The summed E-state index contributed by atoms with van der Waals surface area (Å²) in [5.41, 5.74) is 7.79. The van der Waals surface area contributed by atoms with Crippen molar-refractivity contribution in [1.82, 2.24) is 10.4 Å². The van der Waals surface area contributed by atoms with E-state index in [2.05, 4.69) is 22.4 Å². The normalized spacial score (nSPS) is 19.7. The number of nitrogens with two attached hydrogens (primary N) is 1. The number of furan rings is 1. The van der Waals surface area contributed by atoms with Crippen molar-refractivity contribution in [3.63, 3.8) is 0 Å². The molecule has 0 aliphatic heterocycles. The van der Waals surface area contributed by atoms with E-state index >= 15 is 0 Å². The van der Waals surface area contributed by atoms with Crippen molar-refractivity contribution in [2.45, 2.75) is 19.3 Å². The predicted molar refractivity (Wildman–Crippen MR) is 94.0 cm³/mol. The van der Waals surface area contributed by atoms with E-state index in [9.17, 15) is 4.79 Å². The first kappa shape index (κ1) is 17.1. The number of nitrogens with zero attached hydrogens (tertiary/aromatic N) is 2. The minimum Gasteiger partial charge on any atom is -0.460 e. The SMILES string of the molecule is C[C@H]1C[C@@H]1c1ccc(/C=N\NC(=O)c2nc(Cl)c(Cl)c(N)c2Cl)o1. The molecule has 126 valence electrons. The van der Waals surface area contributed by atoms with E-state index in [0.29, 0.717) is 17.6 Å². The van der Waals surface area contributed by atoms with Crippen LogP contribution < -0.4 is 11.2 Å². The van der Waals surface area contributed by atoms with Crippen LogP contribution in [-0.4, -0.2) is 17.1 Å². The number of amides is 1. The van der Waals surface area contributed by atoms with Gasteiger partial charge in [-0.1, -0.05) is 41.7 Å². The molecule has 1 amide bonds. The molecule has 2 aromatic heterocycles. The Morgan fingerprint density at radius 2 is 2.12 bits per heavy atom. The lowest BCUT2D eigenvalue weighted by Crippen LogP contribution is -2.20. The lowest BCUT2D eigenvalue weighted by Gasteiger charge is -2.07. The molecule has 3 N–H and O–H groups in total. The molecule has 0 unspecified atom stereocenters. The van der Waals surface area contributed by atoms with Gasteiger partial charge in [0.05, 0.1) is 16.9 Å². The minimum absolute atomic E-state index is 0.000799. The van der Waals surface area contributed by atoms with Gasteiger partial charge in [0, 0.05) is 5.92 Å².